The van der Waals surface area contributed by atoms with Gasteiger partial charge in [0, 0.05) is 29.9 Å². The van der Waals surface area contributed by atoms with E-state index in [4.69, 9.17) is 21.6 Å². The fraction of sp³-hybridized carbons (Fsp3) is 0.296. The van der Waals surface area contributed by atoms with E-state index in [-0.39, 0.29) is 6.04 Å². The summed E-state index contributed by atoms with van der Waals surface area (Å²) in [6.45, 7) is 6.52. The fourth-order valence-electron chi connectivity index (χ4n) is 4.22. The molecule has 5 rings (SSSR count). The Bertz CT molecular complexity index is 1250. The summed E-state index contributed by atoms with van der Waals surface area (Å²) in [6.07, 6.45) is 4.20. The number of halogens is 1. The standard InChI is InChI=1S/C27H28ClN5S/c1-18-12-15-33(16-13-18)27-32-24(21-9-6-10-22(28)17-21)25(34-27)23-11-14-29-26(31-23)30-19(2)20-7-4-3-5-8-20/h3-11,14,17-19H,12-13,15-16H2,1-2H3,(H,29,30,31). The second-order valence-electron chi connectivity index (χ2n) is 8.90. The highest BCUT2D eigenvalue weighted by molar-refractivity contribution is 7.19. The van der Waals surface area contributed by atoms with Gasteiger partial charge < -0.3 is 10.2 Å². The van der Waals surface area contributed by atoms with Gasteiger partial charge >= 0.3 is 0 Å². The molecule has 1 unspecified atom stereocenters. The molecule has 34 heavy (non-hydrogen) atoms. The van der Waals surface area contributed by atoms with Crippen molar-refractivity contribution in [3.8, 4) is 21.8 Å². The van der Waals surface area contributed by atoms with Crippen LogP contribution in [0.3, 0.4) is 0 Å². The van der Waals surface area contributed by atoms with E-state index in [2.05, 4.69) is 47.2 Å². The van der Waals surface area contributed by atoms with Crippen molar-refractivity contribution in [1.29, 1.82) is 0 Å². The highest BCUT2D eigenvalue weighted by atomic mass is 35.5. The van der Waals surface area contributed by atoms with Crippen molar-refractivity contribution in [3.63, 3.8) is 0 Å². The summed E-state index contributed by atoms with van der Waals surface area (Å²) in [6, 6.07) is 20.3. The lowest BCUT2D eigenvalue weighted by Gasteiger charge is -2.29. The lowest BCUT2D eigenvalue weighted by molar-refractivity contribution is 0.438. The van der Waals surface area contributed by atoms with Crippen LogP contribution >= 0.6 is 22.9 Å². The van der Waals surface area contributed by atoms with Crippen molar-refractivity contribution in [3.05, 3.63) is 77.4 Å². The smallest absolute Gasteiger partial charge is 0.223 e. The summed E-state index contributed by atoms with van der Waals surface area (Å²) in [4.78, 5) is 17.9. The number of nitrogens with zero attached hydrogens (tertiary/aromatic N) is 4. The van der Waals surface area contributed by atoms with E-state index in [0.29, 0.717) is 11.0 Å². The molecule has 7 heteroatoms. The molecule has 1 atom stereocenters. The zero-order valence-electron chi connectivity index (χ0n) is 19.4. The van der Waals surface area contributed by atoms with Gasteiger partial charge in [0.1, 0.15) is 0 Å². The maximum Gasteiger partial charge on any atom is 0.223 e. The Balaban J connectivity index is 1.50. The third-order valence-electron chi connectivity index (χ3n) is 6.30. The third-order valence-corrected chi connectivity index (χ3v) is 7.68. The number of hydrogen-bond donors (Lipinski definition) is 1. The van der Waals surface area contributed by atoms with Crippen molar-refractivity contribution in [2.24, 2.45) is 5.92 Å². The molecular weight excluding hydrogens is 462 g/mol. The molecule has 4 aromatic rings. The summed E-state index contributed by atoms with van der Waals surface area (Å²) < 4.78 is 0. The van der Waals surface area contributed by atoms with E-state index in [1.807, 2.05) is 48.7 Å². The normalized spacial score (nSPS) is 15.3. The van der Waals surface area contributed by atoms with Crippen LogP contribution in [0.4, 0.5) is 11.1 Å². The largest absolute Gasteiger partial charge is 0.348 e. The second-order valence-corrected chi connectivity index (χ2v) is 10.3. The topological polar surface area (TPSA) is 53.9 Å². The van der Waals surface area contributed by atoms with E-state index in [1.54, 1.807) is 11.3 Å². The number of nitrogens with one attached hydrogen (secondary N) is 1. The van der Waals surface area contributed by atoms with E-state index in [9.17, 15) is 0 Å². The molecule has 0 radical (unpaired) electrons. The fourth-order valence-corrected chi connectivity index (χ4v) is 5.52. The third kappa shape index (κ3) is 5.08. The van der Waals surface area contributed by atoms with E-state index in [0.717, 1.165) is 46.0 Å². The number of hydrogen-bond acceptors (Lipinski definition) is 6. The second kappa shape index (κ2) is 10.1. The highest BCUT2D eigenvalue weighted by Gasteiger charge is 2.23. The van der Waals surface area contributed by atoms with Gasteiger partial charge in [-0.2, -0.15) is 0 Å². The van der Waals surface area contributed by atoms with Gasteiger partial charge in [0.25, 0.3) is 0 Å². The Morgan fingerprint density at radius 1 is 1.03 bits per heavy atom. The minimum atomic E-state index is 0.0937. The maximum atomic E-state index is 6.33. The van der Waals surface area contributed by atoms with E-state index < -0.39 is 0 Å². The van der Waals surface area contributed by atoms with Gasteiger partial charge in [-0.25, -0.2) is 15.0 Å². The van der Waals surface area contributed by atoms with Crippen LogP contribution in [0.25, 0.3) is 21.8 Å². The Morgan fingerprint density at radius 3 is 2.59 bits per heavy atom. The summed E-state index contributed by atoms with van der Waals surface area (Å²) in [5.41, 5.74) is 3.97. The Kier molecular flexibility index (Phi) is 6.79. The molecule has 5 nitrogen and oxygen atoms in total. The molecule has 0 aliphatic carbocycles. The number of anilines is 2. The minimum absolute atomic E-state index is 0.0937. The van der Waals surface area contributed by atoms with Gasteiger partial charge in [-0.1, -0.05) is 72.3 Å². The van der Waals surface area contributed by atoms with Crippen LogP contribution in [0.5, 0.6) is 0 Å². The van der Waals surface area contributed by atoms with Crippen LogP contribution < -0.4 is 10.2 Å². The lowest BCUT2D eigenvalue weighted by atomic mass is 10.00. The van der Waals surface area contributed by atoms with Crippen LogP contribution in [0.15, 0.2) is 66.9 Å². The van der Waals surface area contributed by atoms with Crippen molar-refractivity contribution >= 4 is 34.0 Å². The zero-order chi connectivity index (χ0) is 23.5. The molecule has 1 fully saturated rings. The highest BCUT2D eigenvalue weighted by Crippen LogP contribution is 2.41. The van der Waals surface area contributed by atoms with Gasteiger partial charge in [0.05, 0.1) is 22.3 Å². The van der Waals surface area contributed by atoms with Crippen LogP contribution in [0, 0.1) is 5.92 Å². The average molecular weight is 490 g/mol. The molecule has 3 heterocycles. The average Bonchev–Trinajstić information content (AvgIpc) is 3.31. The van der Waals surface area contributed by atoms with E-state index >= 15 is 0 Å². The SMILES string of the molecule is CC1CCN(c2nc(-c3cccc(Cl)c3)c(-c3ccnc(NC(C)c4ccccc4)n3)s2)CC1. The summed E-state index contributed by atoms with van der Waals surface area (Å²) >= 11 is 8.03. The first-order chi connectivity index (χ1) is 16.6. The van der Waals surface area contributed by atoms with Crippen LogP contribution in [0.1, 0.15) is 38.3 Å². The molecule has 1 aliphatic rings. The molecule has 0 amide bonds. The minimum Gasteiger partial charge on any atom is -0.348 e. The van der Waals surface area contributed by atoms with Crippen molar-refractivity contribution in [2.45, 2.75) is 32.7 Å². The number of rotatable bonds is 6. The molecule has 1 N–H and O–H groups in total. The first-order valence-corrected chi connectivity index (χ1v) is 12.9. The quantitative estimate of drug-likeness (QED) is 0.307. The Morgan fingerprint density at radius 2 is 1.82 bits per heavy atom. The summed E-state index contributed by atoms with van der Waals surface area (Å²) in [5.74, 6) is 1.37. The Hall–Kier alpha value is -2.96. The molecule has 1 aliphatic heterocycles. The van der Waals surface area contributed by atoms with E-state index in [1.165, 1.54) is 18.4 Å². The van der Waals surface area contributed by atoms with Gasteiger partial charge in [0.15, 0.2) is 5.13 Å². The molecule has 174 valence electrons. The summed E-state index contributed by atoms with van der Waals surface area (Å²) in [7, 11) is 0. The summed E-state index contributed by atoms with van der Waals surface area (Å²) in [5, 5.41) is 5.19. The zero-order valence-corrected chi connectivity index (χ0v) is 21.0. The maximum absolute atomic E-state index is 6.33. The molecule has 2 aromatic heterocycles. The van der Waals surface area contributed by atoms with Crippen molar-refractivity contribution < 1.29 is 0 Å². The van der Waals surface area contributed by atoms with Gasteiger partial charge in [0.2, 0.25) is 5.95 Å². The molecule has 0 bridgehead atoms. The monoisotopic (exact) mass is 489 g/mol. The van der Waals surface area contributed by atoms with Crippen molar-refractivity contribution in [1.82, 2.24) is 15.0 Å². The van der Waals surface area contributed by atoms with Crippen LogP contribution in [0.2, 0.25) is 5.02 Å². The van der Waals surface area contributed by atoms with Gasteiger partial charge in [-0.3, -0.25) is 0 Å². The van der Waals surface area contributed by atoms with Crippen LogP contribution in [-0.2, 0) is 0 Å². The van der Waals surface area contributed by atoms with Gasteiger partial charge in [-0.05, 0) is 49.4 Å². The first-order valence-electron chi connectivity index (χ1n) is 11.7. The first kappa shape index (κ1) is 22.8. The lowest BCUT2D eigenvalue weighted by Crippen LogP contribution is -2.32. The molecule has 1 saturated heterocycles. The molecule has 2 aromatic carbocycles. The molecule has 0 spiro atoms. The number of aromatic nitrogens is 3. The van der Waals surface area contributed by atoms with Gasteiger partial charge in [-0.15, -0.1) is 0 Å². The van der Waals surface area contributed by atoms with Crippen molar-refractivity contribution in [2.75, 3.05) is 23.3 Å². The predicted octanol–water partition coefficient (Wildman–Crippen LogP) is 7.33. The Labute approximate surface area is 209 Å². The number of thiazole rings is 1. The molecular formula is C27H28ClN5S. The number of benzene rings is 2. The van der Waals surface area contributed by atoms with Crippen LogP contribution in [-0.4, -0.2) is 28.0 Å². The number of piperidine rings is 1. The molecule has 0 saturated carbocycles. The predicted molar refractivity (Wildman–Crippen MR) is 143 cm³/mol.